The van der Waals surface area contributed by atoms with E-state index in [1.807, 2.05) is 40.8 Å². The summed E-state index contributed by atoms with van der Waals surface area (Å²) in [6.45, 7) is 4.07. The number of aromatic nitrogens is 4. The van der Waals surface area contributed by atoms with Crippen LogP contribution in [-0.4, -0.2) is 75.3 Å². The minimum atomic E-state index is 0.0179. The molecule has 1 saturated carbocycles. The molecule has 1 amide bonds. The van der Waals surface area contributed by atoms with Crippen LogP contribution in [0.2, 0.25) is 0 Å². The lowest BCUT2D eigenvalue weighted by molar-refractivity contribution is -0.125. The Hall–Kier alpha value is -3.46. The van der Waals surface area contributed by atoms with Crippen molar-refractivity contribution in [1.82, 2.24) is 29.5 Å². The van der Waals surface area contributed by atoms with Gasteiger partial charge in [0.25, 0.3) is 0 Å². The molecule has 5 rings (SSSR count). The third kappa shape index (κ3) is 4.23. The molecular weight excluding hydrogens is 430 g/mol. The molecule has 2 fully saturated rings. The largest absolute Gasteiger partial charge is 0.496 e. The van der Waals surface area contributed by atoms with Gasteiger partial charge in [0.05, 0.1) is 18.5 Å². The first-order valence-corrected chi connectivity index (χ1v) is 11.8. The fraction of sp³-hybridized carbons (Fsp3) is 0.440. The Morgan fingerprint density at radius 3 is 2.88 bits per heavy atom. The average molecular weight is 462 g/mol. The second kappa shape index (κ2) is 9.06. The van der Waals surface area contributed by atoms with E-state index in [0.29, 0.717) is 30.6 Å². The van der Waals surface area contributed by atoms with Gasteiger partial charge in [-0.25, -0.2) is 14.6 Å². The van der Waals surface area contributed by atoms with Crippen LogP contribution in [0, 0.1) is 6.92 Å². The summed E-state index contributed by atoms with van der Waals surface area (Å²) in [5.41, 5.74) is 9.61. The van der Waals surface area contributed by atoms with Gasteiger partial charge >= 0.3 is 0 Å². The highest BCUT2D eigenvalue weighted by Gasteiger charge is 2.30. The first kappa shape index (κ1) is 22.3. The molecule has 1 saturated heterocycles. The zero-order chi connectivity index (χ0) is 23.8. The Bertz CT molecular complexity index is 1250. The fourth-order valence-corrected chi connectivity index (χ4v) is 4.65. The number of benzene rings is 1. The first-order valence-electron chi connectivity index (χ1n) is 11.8. The molecule has 0 spiro atoms. The highest BCUT2D eigenvalue weighted by Crippen LogP contribution is 2.35. The summed E-state index contributed by atoms with van der Waals surface area (Å²) in [4.78, 5) is 25.7. The molecule has 3 heterocycles. The second-order valence-corrected chi connectivity index (χ2v) is 9.23. The molecule has 2 N–H and O–H groups in total. The lowest BCUT2D eigenvalue weighted by Gasteiger charge is -2.16. The van der Waals surface area contributed by atoms with Crippen LogP contribution >= 0.6 is 0 Å². The average Bonchev–Trinajstić information content (AvgIpc) is 3.44. The number of aryl methyl sites for hydroxylation is 1. The van der Waals surface area contributed by atoms with Gasteiger partial charge < -0.3 is 15.4 Å². The van der Waals surface area contributed by atoms with E-state index in [9.17, 15) is 4.79 Å². The molecule has 9 heteroatoms. The zero-order valence-electron chi connectivity index (χ0n) is 19.9. The Kier molecular flexibility index (Phi) is 5.95. The van der Waals surface area contributed by atoms with Crippen LogP contribution in [0.25, 0.3) is 22.3 Å². The summed E-state index contributed by atoms with van der Waals surface area (Å²) in [5.74, 6) is 1.22. The van der Waals surface area contributed by atoms with Crippen LogP contribution < -0.4 is 10.5 Å². The van der Waals surface area contributed by atoms with Crippen molar-refractivity contribution in [3.8, 4) is 17.0 Å². The van der Waals surface area contributed by atoms with Gasteiger partial charge in [0.2, 0.25) is 5.91 Å². The molecule has 2 aromatic heterocycles. The van der Waals surface area contributed by atoms with Crippen LogP contribution in [0.1, 0.15) is 30.9 Å². The molecule has 0 bridgehead atoms. The quantitative estimate of drug-likeness (QED) is 0.540. The van der Waals surface area contributed by atoms with E-state index in [4.69, 9.17) is 15.6 Å². The first-order chi connectivity index (χ1) is 16.5. The Labute approximate surface area is 199 Å². The smallest absolute Gasteiger partial charge is 0.246 e. The van der Waals surface area contributed by atoms with E-state index in [-0.39, 0.29) is 11.9 Å². The Morgan fingerprint density at radius 1 is 1.29 bits per heavy atom. The van der Waals surface area contributed by atoms with Crippen molar-refractivity contribution in [3.63, 3.8) is 0 Å². The number of fused-ring (bicyclic) bond motifs is 1. The third-order valence-electron chi connectivity index (χ3n) is 6.84. The normalized spacial score (nSPS) is 18.5. The van der Waals surface area contributed by atoms with E-state index in [0.717, 1.165) is 40.9 Å². The number of nitrogens with zero attached hydrogens (tertiary/aromatic N) is 6. The second-order valence-electron chi connectivity index (χ2n) is 9.23. The minimum absolute atomic E-state index is 0.0179. The van der Waals surface area contributed by atoms with E-state index in [1.54, 1.807) is 13.2 Å². The number of carbonyl (C=O) groups excluding carboxylic acids is 1. The van der Waals surface area contributed by atoms with Crippen LogP contribution in [0.15, 0.2) is 36.7 Å². The van der Waals surface area contributed by atoms with Crippen LogP contribution in [0.5, 0.6) is 5.75 Å². The van der Waals surface area contributed by atoms with Crippen LogP contribution in [-0.2, 0) is 4.79 Å². The number of nitrogen functional groups attached to an aromatic ring is 1. The number of carbonyl (C=O) groups is 1. The predicted molar refractivity (Wildman–Crippen MR) is 131 cm³/mol. The third-order valence-corrected chi connectivity index (χ3v) is 6.84. The molecular formula is C25H31N7O2. The maximum atomic E-state index is 12.8. The highest BCUT2D eigenvalue weighted by atomic mass is 16.5. The van der Waals surface area contributed by atoms with Gasteiger partial charge in [0, 0.05) is 37.3 Å². The summed E-state index contributed by atoms with van der Waals surface area (Å²) >= 11 is 0. The van der Waals surface area contributed by atoms with Crippen LogP contribution in [0.3, 0.4) is 0 Å². The van der Waals surface area contributed by atoms with Gasteiger partial charge in [0.15, 0.2) is 5.65 Å². The fourth-order valence-electron chi connectivity index (χ4n) is 4.65. The van der Waals surface area contributed by atoms with Gasteiger partial charge in [0.1, 0.15) is 23.6 Å². The van der Waals surface area contributed by atoms with E-state index >= 15 is 0 Å². The van der Waals surface area contributed by atoms with Gasteiger partial charge in [-0.15, -0.1) is 0 Å². The monoisotopic (exact) mass is 461 g/mol. The summed E-state index contributed by atoms with van der Waals surface area (Å²) in [5, 5.41) is 5.65. The van der Waals surface area contributed by atoms with Crippen molar-refractivity contribution in [1.29, 1.82) is 0 Å². The number of ether oxygens (including phenoxy) is 1. The van der Waals surface area contributed by atoms with Crippen molar-refractivity contribution in [2.75, 3.05) is 39.5 Å². The van der Waals surface area contributed by atoms with Gasteiger partial charge in [-0.1, -0.05) is 18.2 Å². The maximum absolute atomic E-state index is 12.8. The van der Waals surface area contributed by atoms with Crippen molar-refractivity contribution < 1.29 is 9.53 Å². The topological polar surface area (TPSA) is 102 Å². The summed E-state index contributed by atoms with van der Waals surface area (Å²) < 4.78 is 7.42. The molecule has 2 aliphatic rings. The van der Waals surface area contributed by atoms with Gasteiger partial charge in [-0.2, -0.15) is 5.10 Å². The lowest BCUT2D eigenvalue weighted by Crippen LogP contribution is -2.28. The molecule has 1 aromatic carbocycles. The van der Waals surface area contributed by atoms with Gasteiger partial charge in [-0.3, -0.25) is 9.69 Å². The zero-order valence-corrected chi connectivity index (χ0v) is 19.9. The summed E-state index contributed by atoms with van der Waals surface area (Å²) in [7, 11) is 3.76. The predicted octanol–water partition coefficient (Wildman–Crippen LogP) is 2.82. The molecule has 34 heavy (non-hydrogen) atoms. The molecule has 1 aliphatic heterocycles. The van der Waals surface area contributed by atoms with Gasteiger partial charge in [-0.05, 0) is 44.9 Å². The standard InChI is InChI=1S/C25H31N7O2/c1-16-6-7-17(13-20(16)34-3)23-22-24(26)27-15-28-25(22)32(29-23)19-10-12-31(14-19)21(33)5-4-11-30(2)18-8-9-18/h4-7,13,15,18-19H,8-12,14H2,1-3H3,(H2,26,27,28)/t19-/m1/s1. The number of hydrogen-bond donors (Lipinski definition) is 1. The summed E-state index contributed by atoms with van der Waals surface area (Å²) in [6, 6.07) is 6.67. The molecule has 1 aliphatic carbocycles. The lowest BCUT2D eigenvalue weighted by atomic mass is 10.1. The number of anilines is 1. The van der Waals surface area contributed by atoms with E-state index in [1.165, 1.54) is 19.2 Å². The molecule has 1 atom stereocenters. The molecule has 9 nitrogen and oxygen atoms in total. The Balaban J connectivity index is 1.39. The number of amides is 1. The molecule has 178 valence electrons. The number of likely N-dealkylation sites (tertiary alicyclic amines) is 1. The maximum Gasteiger partial charge on any atom is 0.246 e. The molecule has 0 radical (unpaired) electrons. The van der Waals surface area contributed by atoms with Crippen molar-refractivity contribution >= 4 is 22.8 Å². The number of likely N-dealkylation sites (N-methyl/N-ethyl adjacent to an activating group) is 1. The van der Waals surface area contributed by atoms with Crippen molar-refractivity contribution in [3.05, 3.63) is 42.2 Å². The Morgan fingerprint density at radius 2 is 2.12 bits per heavy atom. The number of hydrogen-bond acceptors (Lipinski definition) is 7. The van der Waals surface area contributed by atoms with E-state index < -0.39 is 0 Å². The van der Waals surface area contributed by atoms with Crippen LogP contribution in [0.4, 0.5) is 5.82 Å². The highest BCUT2D eigenvalue weighted by molar-refractivity contribution is 5.98. The van der Waals surface area contributed by atoms with Crippen molar-refractivity contribution in [2.24, 2.45) is 0 Å². The van der Waals surface area contributed by atoms with Crippen molar-refractivity contribution in [2.45, 2.75) is 38.3 Å². The number of rotatable bonds is 7. The number of nitrogens with two attached hydrogens (primary N) is 1. The van der Waals surface area contributed by atoms with E-state index in [2.05, 4.69) is 21.9 Å². The molecule has 3 aromatic rings. The minimum Gasteiger partial charge on any atom is -0.496 e. The SMILES string of the molecule is COc1cc(-c2nn([C@@H]3CCN(C(=O)C=CCN(C)C4CC4)C3)c3ncnc(N)c23)ccc1C. The molecule has 0 unspecified atom stereocenters. The summed E-state index contributed by atoms with van der Waals surface area (Å²) in [6.07, 6.45) is 8.46. The number of methoxy groups -OCH3 is 1.